The van der Waals surface area contributed by atoms with Gasteiger partial charge in [-0.15, -0.1) is 0 Å². The second kappa shape index (κ2) is 9.46. The summed E-state index contributed by atoms with van der Waals surface area (Å²) in [5.41, 5.74) is 3.24. The molecule has 5 nitrogen and oxygen atoms in total. The van der Waals surface area contributed by atoms with Crippen LogP contribution in [0.2, 0.25) is 0 Å². The number of amides is 1. The molecular formula is C24H21NO4. The minimum atomic E-state index is -0.512. The van der Waals surface area contributed by atoms with Crippen molar-refractivity contribution in [1.29, 1.82) is 0 Å². The van der Waals surface area contributed by atoms with Crippen LogP contribution < -0.4 is 10.1 Å². The lowest BCUT2D eigenvalue weighted by Crippen LogP contribution is -2.16. The number of aryl methyl sites for hydroxylation is 2. The number of aldehydes is 1. The van der Waals surface area contributed by atoms with Gasteiger partial charge < -0.3 is 10.1 Å². The summed E-state index contributed by atoms with van der Waals surface area (Å²) in [5, 5.41) is 2.77. The van der Waals surface area contributed by atoms with E-state index in [0.717, 1.165) is 18.4 Å². The quantitative estimate of drug-likeness (QED) is 0.369. The topological polar surface area (TPSA) is 72.5 Å². The molecule has 29 heavy (non-hydrogen) atoms. The molecule has 0 fully saturated rings. The highest BCUT2D eigenvalue weighted by Crippen LogP contribution is 2.23. The number of benzene rings is 3. The van der Waals surface area contributed by atoms with Gasteiger partial charge in [0.2, 0.25) is 0 Å². The summed E-state index contributed by atoms with van der Waals surface area (Å²) in [6.45, 7) is 1.27. The van der Waals surface area contributed by atoms with Gasteiger partial charge in [0.15, 0.2) is 6.29 Å². The van der Waals surface area contributed by atoms with Crippen LogP contribution in [-0.2, 0) is 17.6 Å². The Morgan fingerprint density at radius 1 is 0.897 bits per heavy atom. The summed E-state index contributed by atoms with van der Waals surface area (Å²) in [5.74, 6) is -0.794. The molecule has 0 spiro atoms. The molecule has 0 bridgehead atoms. The van der Waals surface area contributed by atoms with Gasteiger partial charge in [0.05, 0.1) is 11.3 Å². The molecule has 0 atom stereocenters. The summed E-state index contributed by atoms with van der Waals surface area (Å²) >= 11 is 0. The predicted molar refractivity (Wildman–Crippen MR) is 111 cm³/mol. The SMILES string of the molecule is CC(=O)Oc1ccccc1C(=O)Nc1cc(CCc2ccccc2)ccc1C=O. The molecule has 0 radical (unpaired) electrons. The number of carbonyl (C=O) groups excluding carboxylic acids is 3. The maximum absolute atomic E-state index is 12.8. The van der Waals surface area contributed by atoms with E-state index in [1.807, 2.05) is 24.3 Å². The lowest BCUT2D eigenvalue weighted by Gasteiger charge is -2.12. The van der Waals surface area contributed by atoms with E-state index < -0.39 is 11.9 Å². The van der Waals surface area contributed by atoms with Crippen LogP contribution in [0.15, 0.2) is 72.8 Å². The number of nitrogens with one attached hydrogen (secondary N) is 1. The van der Waals surface area contributed by atoms with E-state index in [2.05, 4.69) is 17.4 Å². The molecule has 5 heteroatoms. The number of hydrogen-bond donors (Lipinski definition) is 1. The number of hydrogen-bond acceptors (Lipinski definition) is 4. The molecule has 0 saturated carbocycles. The van der Waals surface area contributed by atoms with Crippen LogP contribution in [0.3, 0.4) is 0 Å². The largest absolute Gasteiger partial charge is 0.426 e. The van der Waals surface area contributed by atoms with Gasteiger partial charge in [0, 0.05) is 12.5 Å². The maximum atomic E-state index is 12.8. The van der Waals surface area contributed by atoms with Crippen molar-refractivity contribution in [3.8, 4) is 5.75 Å². The third kappa shape index (κ3) is 5.39. The fraction of sp³-hybridized carbons (Fsp3) is 0.125. The molecule has 3 aromatic rings. The van der Waals surface area contributed by atoms with Crippen molar-refractivity contribution >= 4 is 23.9 Å². The summed E-state index contributed by atoms with van der Waals surface area (Å²) in [4.78, 5) is 35.5. The van der Waals surface area contributed by atoms with Crippen molar-refractivity contribution in [3.63, 3.8) is 0 Å². The molecule has 1 N–H and O–H groups in total. The number of para-hydroxylation sites is 1. The van der Waals surface area contributed by atoms with Gasteiger partial charge in [0.25, 0.3) is 5.91 Å². The molecule has 0 saturated heterocycles. The molecule has 3 rings (SSSR count). The highest BCUT2D eigenvalue weighted by molar-refractivity contribution is 6.08. The first-order valence-electron chi connectivity index (χ1n) is 9.27. The zero-order chi connectivity index (χ0) is 20.6. The Bertz CT molecular complexity index is 1030. The standard InChI is InChI=1S/C24H21NO4/c1-17(27)29-23-10-6-5-9-21(23)24(28)25-22-15-19(13-14-20(22)16-26)12-11-18-7-3-2-4-8-18/h2-10,13-16H,11-12H2,1H3,(H,25,28). The molecule has 0 aromatic heterocycles. The smallest absolute Gasteiger partial charge is 0.308 e. The van der Waals surface area contributed by atoms with Gasteiger partial charge >= 0.3 is 5.97 Å². The number of carbonyl (C=O) groups is 3. The lowest BCUT2D eigenvalue weighted by atomic mass is 10.0. The van der Waals surface area contributed by atoms with E-state index in [1.54, 1.807) is 36.4 Å². The molecule has 146 valence electrons. The molecule has 0 aliphatic rings. The Hall–Kier alpha value is -3.73. The average Bonchev–Trinajstić information content (AvgIpc) is 2.73. The Morgan fingerprint density at radius 3 is 2.31 bits per heavy atom. The highest BCUT2D eigenvalue weighted by Gasteiger charge is 2.15. The normalized spacial score (nSPS) is 10.2. The van der Waals surface area contributed by atoms with Crippen LogP contribution in [0.5, 0.6) is 5.75 Å². The van der Waals surface area contributed by atoms with Crippen LogP contribution in [0.4, 0.5) is 5.69 Å². The molecule has 1 amide bonds. The van der Waals surface area contributed by atoms with Crippen molar-refractivity contribution in [2.45, 2.75) is 19.8 Å². The average molecular weight is 387 g/mol. The van der Waals surface area contributed by atoms with Gasteiger partial charge in [0.1, 0.15) is 5.75 Å². The van der Waals surface area contributed by atoms with Gasteiger partial charge in [-0.05, 0) is 48.2 Å². The predicted octanol–water partition coefficient (Wildman–Crippen LogP) is 4.46. The van der Waals surface area contributed by atoms with E-state index in [1.165, 1.54) is 12.5 Å². The van der Waals surface area contributed by atoms with Gasteiger partial charge in [-0.2, -0.15) is 0 Å². The fourth-order valence-electron chi connectivity index (χ4n) is 2.99. The van der Waals surface area contributed by atoms with Gasteiger partial charge in [-0.3, -0.25) is 14.4 Å². The zero-order valence-electron chi connectivity index (χ0n) is 16.1. The highest BCUT2D eigenvalue weighted by atomic mass is 16.5. The van der Waals surface area contributed by atoms with E-state index >= 15 is 0 Å². The van der Waals surface area contributed by atoms with E-state index in [4.69, 9.17) is 4.74 Å². The number of ether oxygens (including phenoxy) is 1. The minimum absolute atomic E-state index is 0.172. The first kappa shape index (κ1) is 20.0. The van der Waals surface area contributed by atoms with Gasteiger partial charge in [-0.1, -0.05) is 48.5 Å². The van der Waals surface area contributed by atoms with Crippen LogP contribution in [0.1, 0.15) is 38.8 Å². The Morgan fingerprint density at radius 2 is 1.59 bits per heavy atom. The second-order valence-electron chi connectivity index (χ2n) is 6.57. The van der Waals surface area contributed by atoms with Crippen LogP contribution in [0.25, 0.3) is 0 Å². The number of esters is 1. The molecule has 0 unspecified atom stereocenters. The van der Waals surface area contributed by atoms with E-state index in [-0.39, 0.29) is 11.3 Å². The first-order chi connectivity index (χ1) is 14.1. The summed E-state index contributed by atoms with van der Waals surface area (Å²) < 4.78 is 5.10. The third-order valence-electron chi connectivity index (χ3n) is 4.42. The van der Waals surface area contributed by atoms with E-state index in [9.17, 15) is 14.4 Å². The zero-order valence-corrected chi connectivity index (χ0v) is 16.1. The Kier molecular flexibility index (Phi) is 6.53. The summed E-state index contributed by atoms with van der Waals surface area (Å²) in [6, 6.07) is 21.9. The molecular weight excluding hydrogens is 366 g/mol. The Labute approximate surface area is 169 Å². The van der Waals surface area contributed by atoms with Crippen LogP contribution >= 0.6 is 0 Å². The Balaban J connectivity index is 1.80. The molecule has 0 aliphatic heterocycles. The number of anilines is 1. The van der Waals surface area contributed by atoms with Crippen molar-refractivity contribution < 1.29 is 19.1 Å². The van der Waals surface area contributed by atoms with E-state index in [0.29, 0.717) is 17.5 Å². The maximum Gasteiger partial charge on any atom is 0.308 e. The number of rotatable bonds is 7. The van der Waals surface area contributed by atoms with Crippen molar-refractivity contribution in [1.82, 2.24) is 0 Å². The molecule has 0 heterocycles. The molecule has 0 aliphatic carbocycles. The van der Waals surface area contributed by atoms with Crippen molar-refractivity contribution in [2.75, 3.05) is 5.32 Å². The third-order valence-corrected chi connectivity index (χ3v) is 4.42. The van der Waals surface area contributed by atoms with Crippen molar-refractivity contribution in [2.24, 2.45) is 0 Å². The van der Waals surface area contributed by atoms with Crippen LogP contribution in [0, 0.1) is 0 Å². The van der Waals surface area contributed by atoms with Crippen molar-refractivity contribution in [3.05, 3.63) is 95.1 Å². The van der Waals surface area contributed by atoms with Gasteiger partial charge in [-0.25, -0.2) is 0 Å². The van der Waals surface area contributed by atoms with Crippen LogP contribution in [-0.4, -0.2) is 18.2 Å². The molecule has 3 aromatic carbocycles. The summed E-state index contributed by atoms with van der Waals surface area (Å²) in [6.07, 6.45) is 2.33. The lowest BCUT2D eigenvalue weighted by molar-refractivity contribution is -0.131. The monoisotopic (exact) mass is 387 g/mol. The second-order valence-corrected chi connectivity index (χ2v) is 6.57. The fourth-order valence-corrected chi connectivity index (χ4v) is 2.99. The summed E-state index contributed by atoms with van der Waals surface area (Å²) in [7, 11) is 0. The minimum Gasteiger partial charge on any atom is -0.426 e. The first-order valence-corrected chi connectivity index (χ1v) is 9.27.